The maximum absolute atomic E-state index is 12.3. The number of morpholine rings is 1. The normalized spacial score (nSPS) is 14.8. The molecule has 0 unspecified atom stereocenters. The Bertz CT molecular complexity index is 857. The number of ether oxygens (including phenoxy) is 1. The number of fused-ring (bicyclic) bond motifs is 1. The molecule has 8 heteroatoms. The van der Waals surface area contributed by atoms with Crippen LogP contribution in [0.25, 0.3) is 5.65 Å². The number of pyridine rings is 1. The van der Waals surface area contributed by atoms with Crippen molar-refractivity contribution in [1.82, 2.24) is 19.6 Å². The topological polar surface area (TPSA) is 84.7 Å². The van der Waals surface area contributed by atoms with Crippen molar-refractivity contribution in [3.8, 4) is 0 Å². The Kier molecular flexibility index (Phi) is 3.80. The molecule has 8 nitrogen and oxygen atoms in total. The summed E-state index contributed by atoms with van der Waals surface area (Å²) in [5.41, 5.74) is 1.02. The van der Waals surface area contributed by atoms with Gasteiger partial charge in [-0.2, -0.15) is 9.61 Å². The van der Waals surface area contributed by atoms with Crippen LogP contribution in [0.1, 0.15) is 10.5 Å². The number of anilines is 2. The van der Waals surface area contributed by atoms with Crippen molar-refractivity contribution in [3.63, 3.8) is 0 Å². The Morgan fingerprint density at radius 1 is 1.17 bits per heavy atom. The van der Waals surface area contributed by atoms with Crippen LogP contribution in [0.3, 0.4) is 0 Å². The third-order valence-corrected chi connectivity index (χ3v) is 3.81. The summed E-state index contributed by atoms with van der Waals surface area (Å²) in [6.45, 7) is 2.88. The lowest BCUT2D eigenvalue weighted by Crippen LogP contribution is -2.37. The van der Waals surface area contributed by atoms with E-state index in [1.807, 2.05) is 6.07 Å². The molecule has 3 aromatic rings. The largest absolute Gasteiger partial charge is 0.378 e. The minimum absolute atomic E-state index is 0.292. The third kappa shape index (κ3) is 2.79. The van der Waals surface area contributed by atoms with Crippen molar-refractivity contribution in [3.05, 3.63) is 48.4 Å². The summed E-state index contributed by atoms with van der Waals surface area (Å²) < 4.78 is 7.17. The van der Waals surface area contributed by atoms with Crippen molar-refractivity contribution in [1.29, 1.82) is 0 Å². The molecule has 4 rings (SSSR count). The second-order valence-electron chi connectivity index (χ2n) is 5.37. The highest BCUT2D eigenvalue weighted by atomic mass is 16.5. The molecule has 1 amide bonds. The lowest BCUT2D eigenvalue weighted by atomic mass is 10.3. The van der Waals surface area contributed by atoms with Crippen LogP contribution in [0.5, 0.6) is 0 Å². The van der Waals surface area contributed by atoms with Gasteiger partial charge in [0.15, 0.2) is 5.65 Å². The summed E-state index contributed by atoms with van der Waals surface area (Å²) >= 11 is 0. The van der Waals surface area contributed by atoms with Gasteiger partial charge in [-0.1, -0.05) is 6.07 Å². The van der Waals surface area contributed by atoms with Crippen LogP contribution in [0.2, 0.25) is 0 Å². The lowest BCUT2D eigenvalue weighted by molar-refractivity contribution is 0.102. The summed E-state index contributed by atoms with van der Waals surface area (Å²) in [5.74, 6) is 1.06. The number of carbonyl (C=O) groups is 1. The molecule has 0 spiro atoms. The highest BCUT2D eigenvalue weighted by Gasteiger charge is 2.17. The fraction of sp³-hybridized carbons (Fsp3) is 0.250. The van der Waals surface area contributed by atoms with E-state index in [1.165, 1.54) is 0 Å². The Morgan fingerprint density at radius 2 is 2.04 bits per heavy atom. The average Bonchev–Trinajstić information content (AvgIpc) is 3.11. The van der Waals surface area contributed by atoms with Gasteiger partial charge in [0.2, 0.25) is 0 Å². The lowest BCUT2D eigenvalue weighted by Gasteiger charge is -2.29. The standard InChI is InChI=1S/C16H16N6O2/c23-16(12-3-1-2-5-17-12)20-13-11-15(21-7-9-24-10-8-21)22-14(19-13)4-6-18-22/h1-6,11H,7-10H2,(H,19,20,23). The van der Waals surface area contributed by atoms with Crippen LogP contribution < -0.4 is 10.2 Å². The van der Waals surface area contributed by atoms with Crippen LogP contribution in [-0.4, -0.2) is 51.8 Å². The Morgan fingerprint density at radius 3 is 2.83 bits per heavy atom. The molecule has 0 bridgehead atoms. The number of hydrogen-bond donors (Lipinski definition) is 1. The van der Waals surface area contributed by atoms with Crippen molar-refractivity contribution < 1.29 is 9.53 Å². The zero-order valence-corrected chi connectivity index (χ0v) is 12.9. The predicted molar refractivity (Wildman–Crippen MR) is 88.2 cm³/mol. The van der Waals surface area contributed by atoms with Gasteiger partial charge in [0.1, 0.15) is 17.3 Å². The van der Waals surface area contributed by atoms with E-state index in [-0.39, 0.29) is 5.91 Å². The predicted octanol–water partition coefficient (Wildman–Crippen LogP) is 1.21. The van der Waals surface area contributed by atoms with Gasteiger partial charge < -0.3 is 15.0 Å². The van der Waals surface area contributed by atoms with E-state index in [9.17, 15) is 4.79 Å². The van der Waals surface area contributed by atoms with Crippen LogP contribution in [0, 0.1) is 0 Å². The molecule has 0 atom stereocenters. The van der Waals surface area contributed by atoms with Gasteiger partial charge in [-0.25, -0.2) is 4.98 Å². The fourth-order valence-electron chi connectivity index (χ4n) is 2.66. The van der Waals surface area contributed by atoms with Crippen molar-refractivity contribution in [2.45, 2.75) is 0 Å². The van der Waals surface area contributed by atoms with E-state index >= 15 is 0 Å². The maximum Gasteiger partial charge on any atom is 0.275 e. The van der Waals surface area contributed by atoms with Crippen LogP contribution >= 0.6 is 0 Å². The number of carbonyl (C=O) groups excluding carboxylic acids is 1. The van der Waals surface area contributed by atoms with E-state index < -0.39 is 0 Å². The van der Waals surface area contributed by atoms with Gasteiger partial charge >= 0.3 is 0 Å². The molecule has 3 aromatic heterocycles. The quantitative estimate of drug-likeness (QED) is 0.779. The first-order valence-corrected chi connectivity index (χ1v) is 7.71. The Hall–Kier alpha value is -3.00. The average molecular weight is 324 g/mol. The highest BCUT2D eigenvalue weighted by Crippen LogP contribution is 2.21. The molecule has 4 heterocycles. The fourth-order valence-corrected chi connectivity index (χ4v) is 2.66. The molecule has 24 heavy (non-hydrogen) atoms. The first-order chi connectivity index (χ1) is 11.8. The summed E-state index contributed by atoms with van der Waals surface area (Å²) in [5, 5.41) is 7.13. The SMILES string of the molecule is O=C(Nc1cc(N2CCOCC2)n2nccc2n1)c1ccccn1. The third-order valence-electron chi connectivity index (χ3n) is 3.81. The van der Waals surface area contributed by atoms with E-state index in [2.05, 4.69) is 25.3 Å². The molecule has 0 aromatic carbocycles. The summed E-state index contributed by atoms with van der Waals surface area (Å²) in [7, 11) is 0. The highest BCUT2D eigenvalue weighted by molar-refractivity contribution is 6.02. The van der Waals surface area contributed by atoms with E-state index in [0.717, 1.165) is 18.9 Å². The molecule has 1 aliphatic heterocycles. The zero-order chi connectivity index (χ0) is 16.4. The van der Waals surface area contributed by atoms with Crippen LogP contribution in [-0.2, 0) is 4.74 Å². The Balaban J connectivity index is 1.67. The van der Waals surface area contributed by atoms with E-state index in [0.29, 0.717) is 30.4 Å². The number of hydrogen-bond acceptors (Lipinski definition) is 6. The molecule has 122 valence electrons. The van der Waals surface area contributed by atoms with Crippen molar-refractivity contribution in [2.24, 2.45) is 0 Å². The molecule has 0 saturated carbocycles. The van der Waals surface area contributed by atoms with Crippen molar-refractivity contribution >= 4 is 23.2 Å². The van der Waals surface area contributed by atoms with Gasteiger partial charge in [0.05, 0.1) is 19.4 Å². The van der Waals surface area contributed by atoms with E-state index in [1.54, 1.807) is 41.2 Å². The van der Waals surface area contributed by atoms with Crippen molar-refractivity contribution in [2.75, 3.05) is 36.5 Å². The molecular weight excluding hydrogens is 308 g/mol. The van der Waals surface area contributed by atoms with Gasteiger partial charge in [-0.05, 0) is 12.1 Å². The second kappa shape index (κ2) is 6.25. The number of aromatic nitrogens is 4. The minimum atomic E-state index is -0.292. The van der Waals surface area contributed by atoms with Crippen LogP contribution in [0.15, 0.2) is 42.7 Å². The monoisotopic (exact) mass is 324 g/mol. The molecule has 1 saturated heterocycles. The minimum Gasteiger partial charge on any atom is -0.378 e. The number of rotatable bonds is 3. The zero-order valence-electron chi connectivity index (χ0n) is 12.9. The van der Waals surface area contributed by atoms with E-state index in [4.69, 9.17) is 4.74 Å². The summed E-state index contributed by atoms with van der Waals surface area (Å²) in [4.78, 5) is 23.0. The van der Waals surface area contributed by atoms with Crippen LogP contribution in [0.4, 0.5) is 11.6 Å². The first-order valence-electron chi connectivity index (χ1n) is 7.71. The van der Waals surface area contributed by atoms with Gasteiger partial charge in [0, 0.05) is 31.4 Å². The maximum atomic E-state index is 12.3. The number of nitrogens with one attached hydrogen (secondary N) is 1. The Labute approximate surface area is 138 Å². The number of nitrogens with zero attached hydrogens (tertiary/aromatic N) is 5. The number of amides is 1. The smallest absolute Gasteiger partial charge is 0.275 e. The first kappa shape index (κ1) is 14.6. The molecule has 0 aliphatic carbocycles. The molecule has 1 aliphatic rings. The van der Waals surface area contributed by atoms with Gasteiger partial charge in [0.25, 0.3) is 5.91 Å². The summed E-state index contributed by atoms with van der Waals surface area (Å²) in [6, 6.07) is 8.83. The molecule has 1 fully saturated rings. The van der Waals surface area contributed by atoms with Gasteiger partial charge in [-0.3, -0.25) is 9.78 Å². The molecular formula is C16H16N6O2. The van der Waals surface area contributed by atoms with Gasteiger partial charge in [-0.15, -0.1) is 0 Å². The summed E-state index contributed by atoms with van der Waals surface area (Å²) in [6.07, 6.45) is 3.28. The molecule has 1 N–H and O–H groups in total. The molecule has 0 radical (unpaired) electrons. The second-order valence-corrected chi connectivity index (χ2v) is 5.37.